The van der Waals surface area contributed by atoms with E-state index in [1.807, 2.05) is 6.07 Å². The molecule has 5 rings (SSSR count). The average Bonchev–Trinajstić information content (AvgIpc) is 3.44. The Morgan fingerprint density at radius 1 is 1.03 bits per heavy atom. The molecule has 4 aliphatic carbocycles. The van der Waals surface area contributed by atoms with Crippen LogP contribution in [0.2, 0.25) is 18.1 Å². The van der Waals surface area contributed by atoms with Crippen LogP contribution < -0.4 is 0 Å². The Kier molecular flexibility index (Phi) is 6.75. The van der Waals surface area contributed by atoms with Crippen molar-refractivity contribution in [2.45, 2.75) is 116 Å². The van der Waals surface area contributed by atoms with Gasteiger partial charge in [0.25, 0.3) is 0 Å². The molecule has 0 aliphatic heterocycles. The fourth-order valence-corrected chi connectivity index (χ4v) is 9.56. The normalized spacial score (nSPS) is 40.8. The highest BCUT2D eigenvalue weighted by atomic mass is 28.4. The van der Waals surface area contributed by atoms with Crippen LogP contribution in [-0.2, 0) is 14.8 Å². The molecule has 0 unspecified atom stereocenters. The summed E-state index contributed by atoms with van der Waals surface area (Å²) >= 11 is 0. The lowest BCUT2D eigenvalue weighted by molar-refractivity contribution is -0.133. The second-order valence-electron chi connectivity index (χ2n) is 14.4. The van der Waals surface area contributed by atoms with Crippen LogP contribution in [0.3, 0.4) is 0 Å². The van der Waals surface area contributed by atoms with E-state index in [-0.39, 0.29) is 22.0 Å². The van der Waals surface area contributed by atoms with E-state index in [2.05, 4.69) is 53.8 Å². The van der Waals surface area contributed by atoms with Gasteiger partial charge in [0.2, 0.25) is 0 Å². The number of allylic oxidation sites excluding steroid dienone is 1. The summed E-state index contributed by atoms with van der Waals surface area (Å²) in [5.41, 5.74) is 2.13. The van der Waals surface area contributed by atoms with Gasteiger partial charge in [0.1, 0.15) is 0 Å². The minimum atomic E-state index is -1.71. The molecule has 5 heteroatoms. The summed E-state index contributed by atoms with van der Waals surface area (Å²) in [7, 11) is -1.71. The Balaban J connectivity index is 1.24. The molecule has 0 radical (unpaired) electrons. The first-order valence-electron chi connectivity index (χ1n) is 14.5. The fourth-order valence-electron chi connectivity index (χ4n) is 8.53. The third-order valence-corrected chi connectivity index (χ3v) is 16.4. The standard InChI is InChI=1S/C31H50O4Si/c1-28(2,3)36(6,7)35-19-18-34-24-10-14-29(4)22(20-24)8-9-25-26(29)11-15-30(5)27(25)12-16-31(30,32)23-13-17-33-21-23/h13,17,20-21,24-27,32H,8-12,14-16,18-19H2,1-7H3/t24-,25+,26-,27-,29-,30-,31+/m0/s1. The second-order valence-corrected chi connectivity index (χ2v) is 19.3. The fraction of sp³-hybridized carbons (Fsp3) is 0.806. The Morgan fingerprint density at radius 3 is 2.47 bits per heavy atom. The zero-order valence-corrected chi connectivity index (χ0v) is 24.9. The molecule has 0 bridgehead atoms. The van der Waals surface area contributed by atoms with Gasteiger partial charge in [-0.15, -0.1) is 0 Å². The van der Waals surface area contributed by atoms with Crippen molar-refractivity contribution in [1.29, 1.82) is 0 Å². The molecule has 202 valence electrons. The van der Waals surface area contributed by atoms with Gasteiger partial charge in [0.05, 0.1) is 37.4 Å². The van der Waals surface area contributed by atoms with Crippen molar-refractivity contribution >= 4 is 8.32 Å². The van der Waals surface area contributed by atoms with E-state index < -0.39 is 13.9 Å². The monoisotopic (exact) mass is 514 g/mol. The van der Waals surface area contributed by atoms with Crippen LogP contribution in [0, 0.1) is 28.6 Å². The summed E-state index contributed by atoms with van der Waals surface area (Å²) in [5, 5.41) is 12.2. The van der Waals surface area contributed by atoms with Crippen LogP contribution in [0.1, 0.15) is 91.5 Å². The molecule has 36 heavy (non-hydrogen) atoms. The molecule has 1 aromatic heterocycles. The zero-order valence-electron chi connectivity index (χ0n) is 23.9. The third kappa shape index (κ3) is 4.11. The molecule has 1 aromatic rings. The molecule has 0 saturated heterocycles. The highest BCUT2D eigenvalue weighted by molar-refractivity contribution is 6.74. The minimum absolute atomic E-state index is 0.0555. The minimum Gasteiger partial charge on any atom is -0.472 e. The van der Waals surface area contributed by atoms with Crippen molar-refractivity contribution in [2.24, 2.45) is 28.6 Å². The van der Waals surface area contributed by atoms with Crippen LogP contribution in [0.5, 0.6) is 0 Å². The van der Waals surface area contributed by atoms with Gasteiger partial charge in [-0.2, -0.15) is 0 Å². The van der Waals surface area contributed by atoms with Crippen molar-refractivity contribution in [1.82, 2.24) is 0 Å². The second kappa shape index (κ2) is 9.10. The predicted molar refractivity (Wildman–Crippen MR) is 147 cm³/mol. The van der Waals surface area contributed by atoms with Gasteiger partial charge in [-0.3, -0.25) is 0 Å². The molecule has 0 amide bonds. The maximum Gasteiger partial charge on any atom is 0.192 e. The first kappa shape index (κ1) is 26.7. The Labute approximate surface area is 220 Å². The number of hydrogen-bond acceptors (Lipinski definition) is 4. The quantitative estimate of drug-likeness (QED) is 0.239. The van der Waals surface area contributed by atoms with E-state index in [1.54, 1.807) is 18.1 Å². The maximum atomic E-state index is 11.9. The molecule has 0 aromatic carbocycles. The molecule has 1 N–H and O–H groups in total. The van der Waals surface area contributed by atoms with Gasteiger partial charge in [-0.05, 0) is 98.7 Å². The predicted octanol–water partition coefficient (Wildman–Crippen LogP) is 7.84. The van der Waals surface area contributed by atoms with E-state index in [9.17, 15) is 5.11 Å². The zero-order chi connectivity index (χ0) is 26.0. The van der Waals surface area contributed by atoms with Gasteiger partial charge in [-0.1, -0.05) is 46.3 Å². The first-order chi connectivity index (χ1) is 16.8. The van der Waals surface area contributed by atoms with Gasteiger partial charge in [-0.25, -0.2) is 0 Å². The number of fused-ring (bicyclic) bond motifs is 5. The number of hydrogen-bond donors (Lipinski definition) is 1. The number of ether oxygens (including phenoxy) is 1. The smallest absolute Gasteiger partial charge is 0.192 e. The average molecular weight is 515 g/mol. The van der Waals surface area contributed by atoms with E-state index >= 15 is 0 Å². The van der Waals surface area contributed by atoms with E-state index in [4.69, 9.17) is 13.6 Å². The van der Waals surface area contributed by atoms with Crippen molar-refractivity contribution in [3.63, 3.8) is 0 Å². The topological polar surface area (TPSA) is 51.8 Å². The third-order valence-electron chi connectivity index (χ3n) is 11.9. The van der Waals surface area contributed by atoms with Gasteiger partial charge >= 0.3 is 0 Å². The van der Waals surface area contributed by atoms with Crippen LogP contribution in [0.25, 0.3) is 0 Å². The molecular weight excluding hydrogens is 464 g/mol. The molecular formula is C31H50O4Si. The number of rotatable bonds is 6. The lowest BCUT2D eigenvalue weighted by atomic mass is 9.46. The molecule has 4 aliphatic rings. The van der Waals surface area contributed by atoms with Crippen molar-refractivity contribution < 1.29 is 18.7 Å². The molecule has 4 nitrogen and oxygen atoms in total. The Hall–Kier alpha value is -0.883. The molecule has 3 fully saturated rings. The first-order valence-corrected chi connectivity index (χ1v) is 17.4. The Morgan fingerprint density at radius 2 is 1.78 bits per heavy atom. The molecule has 3 saturated carbocycles. The largest absolute Gasteiger partial charge is 0.472 e. The number of furan rings is 1. The van der Waals surface area contributed by atoms with Crippen molar-refractivity contribution in [2.75, 3.05) is 13.2 Å². The highest BCUT2D eigenvalue weighted by Gasteiger charge is 2.64. The summed E-state index contributed by atoms with van der Waals surface area (Å²) in [6.45, 7) is 17.8. The van der Waals surface area contributed by atoms with Gasteiger partial charge in [0, 0.05) is 11.0 Å². The molecule has 7 atom stereocenters. The maximum absolute atomic E-state index is 11.9. The van der Waals surface area contributed by atoms with E-state index in [0.29, 0.717) is 25.0 Å². The SMILES string of the molecule is CC(C)(C)[Si](C)(C)OCCO[C@@H]1C=C2CC[C@@H]3[C@H](CC[C@@]4(C)[C@H]3CC[C@@]4(O)c3ccoc3)[C@@]2(C)CC1. The van der Waals surface area contributed by atoms with Crippen LogP contribution >= 0.6 is 0 Å². The van der Waals surface area contributed by atoms with Gasteiger partial charge < -0.3 is 18.7 Å². The molecule has 1 heterocycles. The van der Waals surface area contributed by atoms with Crippen LogP contribution in [0.4, 0.5) is 0 Å². The van der Waals surface area contributed by atoms with Crippen molar-refractivity contribution in [3.8, 4) is 0 Å². The van der Waals surface area contributed by atoms with Crippen molar-refractivity contribution in [3.05, 3.63) is 35.8 Å². The van der Waals surface area contributed by atoms with E-state index in [0.717, 1.165) is 37.2 Å². The summed E-state index contributed by atoms with van der Waals surface area (Å²) < 4.78 is 18.1. The molecule has 0 spiro atoms. The summed E-state index contributed by atoms with van der Waals surface area (Å²) in [5.74, 6) is 2.03. The summed E-state index contributed by atoms with van der Waals surface area (Å²) in [6.07, 6.45) is 15.3. The van der Waals surface area contributed by atoms with Gasteiger partial charge in [0.15, 0.2) is 8.32 Å². The highest BCUT2D eigenvalue weighted by Crippen LogP contribution is 2.69. The Bertz CT molecular complexity index is 962. The number of aliphatic hydroxyl groups is 1. The summed E-state index contributed by atoms with van der Waals surface area (Å²) in [4.78, 5) is 0. The van der Waals surface area contributed by atoms with Crippen LogP contribution in [0.15, 0.2) is 34.7 Å². The summed E-state index contributed by atoms with van der Waals surface area (Å²) in [6, 6.07) is 1.99. The van der Waals surface area contributed by atoms with E-state index in [1.165, 1.54) is 25.7 Å². The lowest BCUT2D eigenvalue weighted by Crippen LogP contribution is -2.53. The van der Waals surface area contributed by atoms with Crippen LogP contribution in [-0.4, -0.2) is 32.7 Å². The lowest BCUT2D eigenvalue weighted by Gasteiger charge is -2.59.